The van der Waals surface area contributed by atoms with Gasteiger partial charge in [-0.1, -0.05) is 0 Å². The highest BCUT2D eigenvalue weighted by molar-refractivity contribution is 5.80. The maximum Gasteiger partial charge on any atom is 0.351 e. The molecular formula is C17H24O12. The highest BCUT2D eigenvalue weighted by Gasteiger charge is 2.47. The van der Waals surface area contributed by atoms with Crippen LogP contribution in [0.25, 0.3) is 0 Å². The van der Waals surface area contributed by atoms with E-state index >= 15 is 0 Å². The second-order valence-corrected chi connectivity index (χ2v) is 5.65. The van der Waals surface area contributed by atoms with Gasteiger partial charge in [0.25, 0.3) is 0 Å². The molecule has 4 atom stereocenters. The Morgan fingerprint density at radius 1 is 0.621 bits per heavy atom. The zero-order valence-electron chi connectivity index (χ0n) is 16.9. The summed E-state index contributed by atoms with van der Waals surface area (Å²) in [6, 6.07) is 0. The van der Waals surface area contributed by atoms with Gasteiger partial charge in [0.15, 0.2) is 18.3 Å². The number of ether oxygens (including phenoxy) is 6. The van der Waals surface area contributed by atoms with Crippen LogP contribution in [0.4, 0.5) is 0 Å². The molecule has 0 aromatic heterocycles. The van der Waals surface area contributed by atoms with E-state index < -0.39 is 66.8 Å². The van der Waals surface area contributed by atoms with Gasteiger partial charge in [0.05, 0.1) is 7.11 Å². The molecule has 0 heterocycles. The summed E-state index contributed by atoms with van der Waals surface area (Å²) >= 11 is 0. The lowest BCUT2D eigenvalue weighted by molar-refractivity contribution is -0.207. The van der Waals surface area contributed by atoms with Gasteiger partial charge in [-0.25, -0.2) is 4.79 Å². The molecule has 164 valence electrons. The van der Waals surface area contributed by atoms with Gasteiger partial charge in [0.1, 0.15) is 6.61 Å². The van der Waals surface area contributed by atoms with Gasteiger partial charge in [-0.15, -0.1) is 0 Å². The number of methoxy groups -OCH3 is 1. The summed E-state index contributed by atoms with van der Waals surface area (Å²) in [7, 11) is 0.979. The van der Waals surface area contributed by atoms with Crippen LogP contribution in [0.5, 0.6) is 0 Å². The second-order valence-electron chi connectivity index (χ2n) is 5.65. The van der Waals surface area contributed by atoms with E-state index in [2.05, 4.69) is 4.74 Å². The molecular weight excluding hydrogens is 396 g/mol. The van der Waals surface area contributed by atoms with E-state index in [0.717, 1.165) is 41.7 Å². The number of carbonyl (C=O) groups is 6. The Morgan fingerprint density at radius 2 is 1.07 bits per heavy atom. The van der Waals surface area contributed by atoms with Crippen LogP contribution in [0.2, 0.25) is 0 Å². The second kappa shape index (κ2) is 12.3. The zero-order valence-corrected chi connectivity index (χ0v) is 16.9. The molecule has 12 nitrogen and oxygen atoms in total. The van der Waals surface area contributed by atoms with Gasteiger partial charge in [-0.3, -0.25) is 24.0 Å². The molecule has 0 aliphatic carbocycles. The van der Waals surface area contributed by atoms with Crippen LogP contribution in [-0.4, -0.2) is 73.9 Å². The minimum atomic E-state index is -1.87. The van der Waals surface area contributed by atoms with Crippen molar-refractivity contribution in [1.29, 1.82) is 0 Å². The fourth-order valence-electron chi connectivity index (χ4n) is 2.19. The van der Waals surface area contributed by atoms with Crippen LogP contribution in [0.1, 0.15) is 34.6 Å². The van der Waals surface area contributed by atoms with Crippen molar-refractivity contribution in [3.8, 4) is 0 Å². The van der Waals surface area contributed by atoms with Crippen LogP contribution < -0.4 is 0 Å². The predicted octanol–water partition coefficient (Wildman–Crippen LogP) is -0.551. The molecule has 0 rings (SSSR count). The summed E-state index contributed by atoms with van der Waals surface area (Å²) in [5, 5.41) is 0. The van der Waals surface area contributed by atoms with E-state index in [1.54, 1.807) is 0 Å². The lowest BCUT2D eigenvalue weighted by Crippen LogP contribution is -2.55. The van der Waals surface area contributed by atoms with Crippen molar-refractivity contribution in [2.45, 2.75) is 59.0 Å². The third-order valence-corrected chi connectivity index (χ3v) is 3.09. The fraction of sp³-hybridized carbons (Fsp3) is 0.647. The molecule has 0 aromatic rings. The first-order chi connectivity index (χ1) is 13.4. The summed E-state index contributed by atoms with van der Waals surface area (Å²) in [5.74, 6) is -5.55. The zero-order chi connectivity index (χ0) is 22.7. The molecule has 0 spiro atoms. The van der Waals surface area contributed by atoms with Crippen molar-refractivity contribution >= 4 is 35.8 Å². The average Bonchev–Trinajstić information content (AvgIpc) is 2.58. The smallest absolute Gasteiger partial charge is 0.351 e. The first-order valence-electron chi connectivity index (χ1n) is 8.29. The number of hydrogen-bond acceptors (Lipinski definition) is 12. The molecule has 0 radical (unpaired) electrons. The van der Waals surface area contributed by atoms with Crippen molar-refractivity contribution in [3.05, 3.63) is 0 Å². The van der Waals surface area contributed by atoms with Gasteiger partial charge in [0, 0.05) is 34.6 Å². The van der Waals surface area contributed by atoms with Crippen molar-refractivity contribution < 1.29 is 57.2 Å². The van der Waals surface area contributed by atoms with Gasteiger partial charge in [-0.05, 0) is 0 Å². The monoisotopic (exact) mass is 420 g/mol. The molecule has 0 saturated heterocycles. The largest absolute Gasteiger partial charge is 0.466 e. The first-order valence-corrected chi connectivity index (χ1v) is 8.29. The number of esters is 6. The van der Waals surface area contributed by atoms with E-state index in [4.69, 9.17) is 23.7 Å². The van der Waals surface area contributed by atoms with Crippen LogP contribution in [0.15, 0.2) is 0 Å². The highest BCUT2D eigenvalue weighted by Crippen LogP contribution is 2.21. The molecule has 0 fully saturated rings. The number of rotatable bonds is 10. The highest BCUT2D eigenvalue weighted by atomic mass is 16.6. The van der Waals surface area contributed by atoms with Crippen molar-refractivity contribution in [2.24, 2.45) is 0 Å². The third kappa shape index (κ3) is 10.1. The molecule has 0 amide bonds. The molecule has 0 aromatic carbocycles. The van der Waals surface area contributed by atoms with Crippen LogP contribution in [0.3, 0.4) is 0 Å². The lowest BCUT2D eigenvalue weighted by Gasteiger charge is -2.34. The maximum atomic E-state index is 12.1. The summed E-state index contributed by atoms with van der Waals surface area (Å²) in [6.07, 6.45) is -6.86. The minimum absolute atomic E-state index is 0.613. The normalized spacial score (nSPS) is 14.3. The standard InChI is InChI=1S/C17H24O12/c1-8(18)25-7-13(26-9(2)19)14(27-10(3)20)15(28-11(4)21)16(17(23)24-6)29-12(5)22/h13-16H,7H2,1-6H3. The van der Waals surface area contributed by atoms with Crippen LogP contribution in [-0.2, 0) is 57.2 Å². The molecule has 4 unspecified atom stereocenters. The van der Waals surface area contributed by atoms with Crippen molar-refractivity contribution in [2.75, 3.05) is 13.7 Å². The van der Waals surface area contributed by atoms with E-state index in [9.17, 15) is 28.8 Å². The predicted molar refractivity (Wildman–Crippen MR) is 90.9 cm³/mol. The summed E-state index contributed by atoms with van der Waals surface area (Å²) in [4.78, 5) is 69.5. The van der Waals surface area contributed by atoms with E-state index in [0.29, 0.717) is 0 Å². The molecule has 0 saturated carbocycles. The minimum Gasteiger partial charge on any atom is -0.466 e. The van der Waals surface area contributed by atoms with Gasteiger partial charge in [0.2, 0.25) is 6.10 Å². The lowest BCUT2D eigenvalue weighted by atomic mass is 10.0. The Balaban J connectivity index is 6.29. The molecule has 29 heavy (non-hydrogen) atoms. The SMILES string of the molecule is COC(=O)C(OC(C)=O)C(OC(C)=O)C(OC(C)=O)C(COC(C)=O)OC(C)=O. The Hall–Kier alpha value is -3.18. The van der Waals surface area contributed by atoms with Gasteiger partial charge in [-0.2, -0.15) is 0 Å². The van der Waals surface area contributed by atoms with Crippen molar-refractivity contribution in [1.82, 2.24) is 0 Å². The molecule has 12 heteroatoms. The molecule has 0 bridgehead atoms. The Labute approximate surface area is 166 Å². The first kappa shape index (κ1) is 25.8. The van der Waals surface area contributed by atoms with E-state index in [1.165, 1.54) is 0 Å². The average molecular weight is 420 g/mol. The molecule has 0 aliphatic heterocycles. The summed E-state index contributed by atoms with van der Waals surface area (Å²) in [5.41, 5.74) is 0. The number of carbonyl (C=O) groups excluding carboxylic acids is 6. The van der Waals surface area contributed by atoms with Crippen LogP contribution in [0, 0.1) is 0 Å². The van der Waals surface area contributed by atoms with E-state index in [1.807, 2.05) is 0 Å². The third-order valence-electron chi connectivity index (χ3n) is 3.09. The summed E-state index contributed by atoms with van der Waals surface area (Å²) < 4.78 is 29.4. The Morgan fingerprint density at radius 3 is 1.45 bits per heavy atom. The Bertz CT molecular complexity index is 640. The molecule has 0 aliphatic rings. The van der Waals surface area contributed by atoms with Gasteiger partial charge >= 0.3 is 35.8 Å². The maximum absolute atomic E-state index is 12.1. The molecule has 0 N–H and O–H groups in total. The summed E-state index contributed by atoms with van der Waals surface area (Å²) in [6.45, 7) is 4.44. The Kier molecular flexibility index (Phi) is 11.0. The number of hydrogen-bond donors (Lipinski definition) is 0. The van der Waals surface area contributed by atoms with E-state index in [-0.39, 0.29) is 0 Å². The van der Waals surface area contributed by atoms with Gasteiger partial charge < -0.3 is 28.4 Å². The van der Waals surface area contributed by atoms with Crippen LogP contribution >= 0.6 is 0 Å². The van der Waals surface area contributed by atoms with Crippen molar-refractivity contribution in [3.63, 3.8) is 0 Å². The topological polar surface area (TPSA) is 158 Å². The fourth-order valence-corrected chi connectivity index (χ4v) is 2.19. The quantitative estimate of drug-likeness (QED) is 0.328.